The molecular weight excluding hydrogens is 434 g/mol. The Labute approximate surface area is 181 Å². The third-order valence-electron chi connectivity index (χ3n) is 5.56. The molecule has 4 heteroatoms. The quantitative estimate of drug-likeness (QED) is 0.280. The molecule has 0 N–H and O–H groups in total. The SMILES string of the molecule is Brc1cccc2c3cc(-c4cccc5cccnc45)ccc3n(-c3ccccn3)c12. The standard InChI is InChI=1S/C26H16BrN3/c27-22-10-4-9-20-21-16-18(19-8-3-6-17-7-5-15-29-25(17)19)12-13-23(21)30(26(20)22)24-11-1-2-14-28-24/h1-16H. The van der Waals surface area contributed by atoms with Gasteiger partial charge in [-0.15, -0.1) is 0 Å². The predicted molar refractivity (Wildman–Crippen MR) is 127 cm³/mol. The lowest BCUT2D eigenvalue weighted by atomic mass is 10.00. The van der Waals surface area contributed by atoms with Gasteiger partial charge in [0.15, 0.2) is 0 Å². The highest BCUT2D eigenvalue weighted by molar-refractivity contribution is 9.10. The molecular formula is C26H16BrN3. The van der Waals surface area contributed by atoms with E-state index in [0.717, 1.165) is 43.4 Å². The zero-order chi connectivity index (χ0) is 20.1. The second-order valence-corrected chi connectivity index (χ2v) is 8.13. The fraction of sp³-hybridized carbons (Fsp3) is 0. The number of pyridine rings is 2. The van der Waals surface area contributed by atoms with E-state index in [4.69, 9.17) is 0 Å². The van der Waals surface area contributed by atoms with Crippen LogP contribution in [0.25, 0.3) is 49.7 Å². The summed E-state index contributed by atoms with van der Waals surface area (Å²) in [7, 11) is 0. The Morgan fingerprint density at radius 2 is 1.57 bits per heavy atom. The van der Waals surface area contributed by atoms with E-state index in [9.17, 15) is 0 Å². The van der Waals surface area contributed by atoms with Gasteiger partial charge in [0.2, 0.25) is 0 Å². The Morgan fingerprint density at radius 3 is 2.47 bits per heavy atom. The molecule has 3 aromatic heterocycles. The second kappa shape index (κ2) is 6.78. The molecule has 0 fully saturated rings. The van der Waals surface area contributed by atoms with Crippen molar-refractivity contribution in [3.63, 3.8) is 0 Å². The average Bonchev–Trinajstić information content (AvgIpc) is 3.14. The van der Waals surface area contributed by atoms with Gasteiger partial charge in [0.1, 0.15) is 5.82 Å². The number of rotatable bonds is 2. The first-order chi connectivity index (χ1) is 14.8. The van der Waals surface area contributed by atoms with Crippen molar-refractivity contribution in [1.29, 1.82) is 0 Å². The highest BCUT2D eigenvalue weighted by atomic mass is 79.9. The van der Waals surface area contributed by atoms with Crippen molar-refractivity contribution in [2.75, 3.05) is 0 Å². The molecule has 0 saturated carbocycles. The molecule has 0 aliphatic carbocycles. The molecule has 0 atom stereocenters. The highest BCUT2D eigenvalue weighted by Crippen LogP contribution is 2.38. The first-order valence-electron chi connectivity index (χ1n) is 9.79. The van der Waals surface area contributed by atoms with Crippen LogP contribution >= 0.6 is 15.9 Å². The molecule has 30 heavy (non-hydrogen) atoms. The minimum atomic E-state index is 0.906. The van der Waals surface area contributed by atoms with Gasteiger partial charge in [0.25, 0.3) is 0 Å². The van der Waals surface area contributed by atoms with Gasteiger partial charge in [-0.25, -0.2) is 4.98 Å². The first kappa shape index (κ1) is 17.4. The zero-order valence-corrected chi connectivity index (χ0v) is 17.5. The molecule has 0 aliphatic rings. The maximum atomic E-state index is 4.64. The summed E-state index contributed by atoms with van der Waals surface area (Å²) in [5.41, 5.74) is 5.58. The summed E-state index contributed by atoms with van der Waals surface area (Å²) in [5.74, 6) is 0.906. The molecule has 6 rings (SSSR count). The lowest BCUT2D eigenvalue weighted by Crippen LogP contribution is -1.96. The summed E-state index contributed by atoms with van der Waals surface area (Å²) < 4.78 is 3.27. The van der Waals surface area contributed by atoms with Crippen LogP contribution in [0.3, 0.4) is 0 Å². The van der Waals surface area contributed by atoms with Crippen molar-refractivity contribution in [2.24, 2.45) is 0 Å². The molecule has 3 nitrogen and oxygen atoms in total. The molecule has 142 valence electrons. The zero-order valence-electron chi connectivity index (χ0n) is 16.0. The van der Waals surface area contributed by atoms with Crippen molar-refractivity contribution in [2.45, 2.75) is 0 Å². The van der Waals surface area contributed by atoms with Gasteiger partial charge in [-0.2, -0.15) is 0 Å². The van der Waals surface area contributed by atoms with E-state index < -0.39 is 0 Å². The van der Waals surface area contributed by atoms with Gasteiger partial charge < -0.3 is 0 Å². The van der Waals surface area contributed by atoms with Crippen LogP contribution in [-0.4, -0.2) is 14.5 Å². The fourth-order valence-corrected chi connectivity index (χ4v) is 4.80. The summed E-state index contributed by atoms with van der Waals surface area (Å²) in [6.07, 6.45) is 3.69. The summed E-state index contributed by atoms with van der Waals surface area (Å²) >= 11 is 3.76. The van der Waals surface area contributed by atoms with E-state index >= 15 is 0 Å². The van der Waals surface area contributed by atoms with Crippen LogP contribution in [0.15, 0.2) is 102 Å². The van der Waals surface area contributed by atoms with Crippen LogP contribution in [0.1, 0.15) is 0 Å². The normalized spacial score (nSPS) is 11.5. The van der Waals surface area contributed by atoms with Crippen molar-refractivity contribution >= 4 is 48.6 Å². The number of hydrogen-bond donors (Lipinski definition) is 0. The number of halogens is 1. The lowest BCUT2D eigenvalue weighted by Gasteiger charge is -2.08. The van der Waals surface area contributed by atoms with Crippen LogP contribution in [0, 0.1) is 0 Å². The summed E-state index contributed by atoms with van der Waals surface area (Å²) in [6, 6.07) is 29.4. The molecule has 0 bridgehead atoms. The molecule has 0 unspecified atom stereocenters. The third kappa shape index (κ3) is 2.57. The van der Waals surface area contributed by atoms with E-state index in [1.54, 1.807) is 0 Å². The lowest BCUT2D eigenvalue weighted by molar-refractivity contribution is 1.08. The average molecular weight is 450 g/mol. The number of fused-ring (bicyclic) bond motifs is 4. The van der Waals surface area contributed by atoms with Crippen LogP contribution < -0.4 is 0 Å². The molecule has 6 aromatic rings. The fourth-order valence-electron chi connectivity index (χ4n) is 4.26. The molecule has 0 amide bonds. The smallest absolute Gasteiger partial charge is 0.137 e. The largest absolute Gasteiger partial charge is 0.293 e. The Balaban J connectivity index is 1.70. The van der Waals surface area contributed by atoms with E-state index in [1.807, 2.05) is 36.7 Å². The van der Waals surface area contributed by atoms with E-state index in [0.29, 0.717) is 0 Å². The minimum Gasteiger partial charge on any atom is -0.293 e. The van der Waals surface area contributed by atoms with Crippen LogP contribution in [0.4, 0.5) is 0 Å². The van der Waals surface area contributed by atoms with Crippen LogP contribution in [0.5, 0.6) is 0 Å². The molecule has 3 heterocycles. The molecule has 0 saturated heterocycles. The van der Waals surface area contributed by atoms with E-state index in [2.05, 4.69) is 91.1 Å². The maximum absolute atomic E-state index is 4.64. The molecule has 3 aromatic carbocycles. The highest BCUT2D eigenvalue weighted by Gasteiger charge is 2.16. The third-order valence-corrected chi connectivity index (χ3v) is 6.20. The minimum absolute atomic E-state index is 0.906. The number of benzene rings is 3. The van der Waals surface area contributed by atoms with Gasteiger partial charge in [-0.1, -0.05) is 48.5 Å². The number of para-hydroxylation sites is 2. The summed E-state index contributed by atoms with van der Waals surface area (Å²) in [6.45, 7) is 0. The Hall–Kier alpha value is -3.50. The Bertz CT molecular complexity index is 1550. The Kier molecular flexibility index (Phi) is 3.93. The van der Waals surface area contributed by atoms with Gasteiger partial charge in [-0.05, 0) is 57.9 Å². The van der Waals surface area contributed by atoms with Crippen LogP contribution in [0.2, 0.25) is 0 Å². The summed E-state index contributed by atoms with van der Waals surface area (Å²) in [4.78, 5) is 9.26. The van der Waals surface area contributed by atoms with Crippen molar-refractivity contribution in [3.8, 4) is 16.9 Å². The first-order valence-corrected chi connectivity index (χ1v) is 10.6. The topological polar surface area (TPSA) is 30.7 Å². The monoisotopic (exact) mass is 449 g/mol. The summed E-state index contributed by atoms with van der Waals surface area (Å²) in [5, 5.41) is 3.54. The van der Waals surface area contributed by atoms with Crippen molar-refractivity contribution in [3.05, 3.63) is 102 Å². The van der Waals surface area contributed by atoms with Gasteiger partial charge >= 0.3 is 0 Å². The van der Waals surface area contributed by atoms with Crippen molar-refractivity contribution in [1.82, 2.24) is 14.5 Å². The number of nitrogens with zero attached hydrogens (tertiary/aromatic N) is 3. The molecule has 0 radical (unpaired) electrons. The molecule has 0 aliphatic heterocycles. The number of aromatic nitrogens is 3. The van der Waals surface area contributed by atoms with Gasteiger partial charge in [0, 0.05) is 38.6 Å². The number of hydrogen-bond acceptors (Lipinski definition) is 2. The molecule has 0 spiro atoms. The second-order valence-electron chi connectivity index (χ2n) is 7.27. The van der Waals surface area contributed by atoms with Crippen molar-refractivity contribution < 1.29 is 0 Å². The van der Waals surface area contributed by atoms with Gasteiger partial charge in [0.05, 0.1) is 16.6 Å². The maximum Gasteiger partial charge on any atom is 0.137 e. The Morgan fingerprint density at radius 1 is 0.700 bits per heavy atom. The van der Waals surface area contributed by atoms with Gasteiger partial charge in [-0.3, -0.25) is 9.55 Å². The van der Waals surface area contributed by atoms with E-state index in [1.165, 1.54) is 10.8 Å². The predicted octanol–water partition coefficient (Wildman–Crippen LogP) is 7.16. The van der Waals surface area contributed by atoms with E-state index in [-0.39, 0.29) is 0 Å². The van der Waals surface area contributed by atoms with Crippen LogP contribution in [-0.2, 0) is 0 Å².